The quantitative estimate of drug-likeness (QED) is 0.497. The Hall–Kier alpha value is -4.07. The predicted octanol–water partition coefficient (Wildman–Crippen LogP) is 3.86. The highest BCUT2D eigenvalue weighted by Crippen LogP contribution is 2.18. The van der Waals surface area contributed by atoms with Crippen molar-refractivity contribution in [3.8, 4) is 5.69 Å². The summed E-state index contributed by atoms with van der Waals surface area (Å²) in [5, 5.41) is 7.13. The number of benzene rings is 2. The molecule has 4 rings (SSSR count). The lowest BCUT2D eigenvalue weighted by atomic mass is 10.1. The number of ether oxygens (including phenoxy) is 1. The number of hydrogen-bond donors (Lipinski definition) is 1. The predicted molar refractivity (Wildman–Crippen MR) is 116 cm³/mol. The monoisotopic (exact) mass is 415 g/mol. The molecule has 8 heteroatoms. The van der Waals surface area contributed by atoms with Gasteiger partial charge in [0.05, 0.1) is 34.7 Å². The molecule has 0 spiro atoms. The van der Waals surface area contributed by atoms with E-state index >= 15 is 0 Å². The van der Waals surface area contributed by atoms with Crippen molar-refractivity contribution in [2.24, 2.45) is 0 Å². The van der Waals surface area contributed by atoms with Crippen LogP contribution in [0, 0.1) is 13.8 Å². The number of nitrogens with one attached hydrogen (secondary N) is 1. The van der Waals surface area contributed by atoms with E-state index in [0.29, 0.717) is 22.5 Å². The van der Waals surface area contributed by atoms with Crippen LogP contribution in [-0.4, -0.2) is 38.2 Å². The van der Waals surface area contributed by atoms with Crippen LogP contribution < -0.4 is 5.32 Å². The van der Waals surface area contributed by atoms with Crippen molar-refractivity contribution in [1.82, 2.24) is 19.7 Å². The zero-order valence-electron chi connectivity index (χ0n) is 17.4. The number of esters is 1. The maximum absolute atomic E-state index is 12.8. The molecule has 0 aliphatic rings. The zero-order valence-corrected chi connectivity index (χ0v) is 17.4. The smallest absolute Gasteiger partial charge is 0.358 e. The molecule has 2 aromatic heterocycles. The Morgan fingerprint density at radius 2 is 1.77 bits per heavy atom. The molecule has 0 aliphatic carbocycles. The number of aryl methyl sites for hydroxylation is 2. The number of nitrogens with zero attached hydrogens (tertiary/aromatic N) is 4. The van der Waals surface area contributed by atoms with Crippen LogP contribution >= 0.6 is 0 Å². The van der Waals surface area contributed by atoms with Crippen LogP contribution in [0.5, 0.6) is 0 Å². The Labute approximate surface area is 178 Å². The van der Waals surface area contributed by atoms with Crippen LogP contribution in [0.4, 0.5) is 5.69 Å². The van der Waals surface area contributed by atoms with E-state index in [2.05, 4.69) is 20.4 Å². The SMILES string of the molecule is CCOC(=O)c1ccn(-c2cccc(NC(=O)c3ccc4nc(C)c(C)nc4c3)c2)n1. The summed E-state index contributed by atoms with van der Waals surface area (Å²) in [5.41, 5.74) is 5.12. The summed E-state index contributed by atoms with van der Waals surface area (Å²) in [4.78, 5) is 33.6. The van der Waals surface area contributed by atoms with E-state index in [0.717, 1.165) is 16.9 Å². The molecule has 31 heavy (non-hydrogen) atoms. The van der Waals surface area contributed by atoms with E-state index < -0.39 is 5.97 Å². The largest absolute Gasteiger partial charge is 0.461 e. The molecular weight excluding hydrogens is 394 g/mol. The third kappa shape index (κ3) is 4.28. The topological polar surface area (TPSA) is 99.0 Å². The molecule has 0 unspecified atom stereocenters. The van der Waals surface area contributed by atoms with Gasteiger partial charge in [-0.15, -0.1) is 0 Å². The first kappa shape index (κ1) is 20.2. The molecule has 4 aromatic rings. The number of anilines is 1. The number of carbonyl (C=O) groups is 2. The summed E-state index contributed by atoms with van der Waals surface area (Å²) in [7, 11) is 0. The maximum atomic E-state index is 12.8. The van der Waals surface area contributed by atoms with Gasteiger partial charge >= 0.3 is 5.97 Å². The third-order valence-corrected chi connectivity index (χ3v) is 4.78. The van der Waals surface area contributed by atoms with Gasteiger partial charge < -0.3 is 10.1 Å². The van der Waals surface area contributed by atoms with Crippen molar-refractivity contribution in [3.63, 3.8) is 0 Å². The molecule has 0 atom stereocenters. The van der Waals surface area contributed by atoms with Crippen molar-refractivity contribution in [1.29, 1.82) is 0 Å². The second-order valence-corrected chi connectivity index (χ2v) is 6.97. The summed E-state index contributed by atoms with van der Waals surface area (Å²) < 4.78 is 6.52. The molecule has 0 radical (unpaired) electrons. The first-order valence-corrected chi connectivity index (χ1v) is 9.84. The molecular formula is C23H21N5O3. The number of carbonyl (C=O) groups excluding carboxylic acids is 2. The van der Waals surface area contributed by atoms with Crippen molar-refractivity contribution >= 4 is 28.6 Å². The molecule has 1 amide bonds. The molecule has 8 nitrogen and oxygen atoms in total. The van der Waals surface area contributed by atoms with Crippen molar-refractivity contribution < 1.29 is 14.3 Å². The summed E-state index contributed by atoms with van der Waals surface area (Å²) >= 11 is 0. The van der Waals surface area contributed by atoms with Gasteiger partial charge in [0.1, 0.15) is 0 Å². The highest BCUT2D eigenvalue weighted by Gasteiger charge is 2.12. The molecule has 0 saturated heterocycles. The minimum Gasteiger partial charge on any atom is -0.461 e. The minimum atomic E-state index is -0.476. The molecule has 0 bridgehead atoms. The van der Waals surface area contributed by atoms with E-state index in [1.807, 2.05) is 19.9 Å². The van der Waals surface area contributed by atoms with Gasteiger partial charge in [0.25, 0.3) is 5.91 Å². The number of aromatic nitrogens is 4. The number of hydrogen-bond acceptors (Lipinski definition) is 6. The van der Waals surface area contributed by atoms with Gasteiger partial charge in [0.2, 0.25) is 0 Å². The normalized spacial score (nSPS) is 10.8. The maximum Gasteiger partial charge on any atom is 0.358 e. The average molecular weight is 415 g/mol. The van der Waals surface area contributed by atoms with Gasteiger partial charge in [-0.1, -0.05) is 6.07 Å². The average Bonchev–Trinajstić information content (AvgIpc) is 3.25. The first-order chi connectivity index (χ1) is 14.9. The lowest BCUT2D eigenvalue weighted by molar-refractivity contribution is 0.0519. The van der Waals surface area contributed by atoms with E-state index in [1.54, 1.807) is 60.3 Å². The molecule has 1 N–H and O–H groups in total. The number of amides is 1. The van der Waals surface area contributed by atoms with Crippen LogP contribution in [0.1, 0.15) is 39.2 Å². The Kier molecular flexibility index (Phi) is 5.44. The van der Waals surface area contributed by atoms with E-state index in [1.165, 1.54) is 0 Å². The fourth-order valence-corrected chi connectivity index (χ4v) is 3.08. The van der Waals surface area contributed by atoms with E-state index in [4.69, 9.17) is 4.74 Å². The van der Waals surface area contributed by atoms with Crippen LogP contribution in [0.2, 0.25) is 0 Å². The molecule has 2 heterocycles. The summed E-state index contributed by atoms with van der Waals surface area (Å²) in [5.74, 6) is -0.734. The molecule has 0 aliphatic heterocycles. The zero-order chi connectivity index (χ0) is 22.0. The van der Waals surface area contributed by atoms with E-state index in [9.17, 15) is 9.59 Å². The second kappa shape index (κ2) is 8.35. The fraction of sp³-hybridized carbons (Fsp3) is 0.174. The Bertz CT molecular complexity index is 1300. The Morgan fingerprint density at radius 3 is 2.55 bits per heavy atom. The standard InChI is InChI=1S/C23H21N5O3/c1-4-31-23(30)20-10-11-28(27-20)18-7-5-6-17(13-18)26-22(29)16-8-9-19-21(12-16)25-15(3)14(2)24-19/h5-13H,4H2,1-3H3,(H,26,29). The highest BCUT2D eigenvalue weighted by molar-refractivity contribution is 6.06. The fourth-order valence-electron chi connectivity index (χ4n) is 3.08. The number of rotatable bonds is 5. The minimum absolute atomic E-state index is 0.221. The van der Waals surface area contributed by atoms with Crippen molar-refractivity contribution in [2.75, 3.05) is 11.9 Å². The van der Waals surface area contributed by atoms with Crippen LogP contribution in [-0.2, 0) is 4.74 Å². The van der Waals surface area contributed by atoms with Crippen LogP contribution in [0.3, 0.4) is 0 Å². The van der Waals surface area contributed by atoms with Gasteiger partial charge in [0.15, 0.2) is 5.69 Å². The van der Waals surface area contributed by atoms with E-state index in [-0.39, 0.29) is 18.2 Å². The molecule has 0 fully saturated rings. The Morgan fingerprint density at radius 1 is 1.00 bits per heavy atom. The Balaban J connectivity index is 1.55. The first-order valence-electron chi connectivity index (χ1n) is 9.84. The van der Waals surface area contributed by atoms with Gasteiger partial charge in [-0.3, -0.25) is 4.79 Å². The van der Waals surface area contributed by atoms with Gasteiger partial charge in [0, 0.05) is 17.4 Å². The number of fused-ring (bicyclic) bond motifs is 1. The van der Waals surface area contributed by atoms with Crippen molar-refractivity contribution in [2.45, 2.75) is 20.8 Å². The van der Waals surface area contributed by atoms with Crippen LogP contribution in [0.15, 0.2) is 54.7 Å². The van der Waals surface area contributed by atoms with Gasteiger partial charge in [-0.05, 0) is 63.2 Å². The van der Waals surface area contributed by atoms with Crippen molar-refractivity contribution in [3.05, 3.63) is 77.4 Å². The molecule has 156 valence electrons. The second-order valence-electron chi connectivity index (χ2n) is 6.97. The van der Waals surface area contributed by atoms with Crippen LogP contribution in [0.25, 0.3) is 16.7 Å². The third-order valence-electron chi connectivity index (χ3n) is 4.78. The van der Waals surface area contributed by atoms with Gasteiger partial charge in [-0.25, -0.2) is 19.4 Å². The summed E-state index contributed by atoms with van der Waals surface area (Å²) in [6.07, 6.45) is 1.67. The summed E-state index contributed by atoms with van der Waals surface area (Å²) in [6, 6.07) is 14.0. The lowest BCUT2D eigenvalue weighted by Crippen LogP contribution is -2.12. The molecule has 2 aromatic carbocycles. The molecule has 0 saturated carbocycles. The summed E-state index contributed by atoms with van der Waals surface area (Å²) in [6.45, 7) is 5.82. The van der Waals surface area contributed by atoms with Gasteiger partial charge in [-0.2, -0.15) is 5.10 Å². The lowest BCUT2D eigenvalue weighted by Gasteiger charge is -2.09. The highest BCUT2D eigenvalue weighted by atomic mass is 16.5.